The molecule has 1 aliphatic carbocycles. The highest BCUT2D eigenvalue weighted by Gasteiger charge is 2.37. The Morgan fingerprint density at radius 1 is 1.27 bits per heavy atom. The maximum atomic E-state index is 12.1. The predicted octanol–water partition coefficient (Wildman–Crippen LogP) is 0.0422. The Kier molecular flexibility index (Phi) is 6.04. The SMILES string of the molecule is O[C@@H]1[C@@H](O)[C@@H](O)C(COC(F)F)=C[C@H]1NCCc1ccco1. The fourth-order valence-electron chi connectivity index (χ4n) is 2.34. The van der Waals surface area contributed by atoms with Crippen molar-refractivity contribution in [3.05, 3.63) is 35.8 Å². The number of hydrogen-bond donors (Lipinski definition) is 4. The Morgan fingerprint density at radius 2 is 2.05 bits per heavy atom. The normalized spacial score (nSPS) is 28.9. The summed E-state index contributed by atoms with van der Waals surface area (Å²) in [5, 5.41) is 32.5. The van der Waals surface area contributed by atoms with Crippen molar-refractivity contribution < 1.29 is 33.3 Å². The molecule has 0 spiro atoms. The maximum Gasteiger partial charge on any atom is 0.345 e. The Hall–Kier alpha value is -1.32. The molecule has 0 aromatic carbocycles. The molecule has 0 fully saturated rings. The van der Waals surface area contributed by atoms with Gasteiger partial charge in [0.15, 0.2) is 0 Å². The van der Waals surface area contributed by atoms with E-state index in [1.165, 1.54) is 6.08 Å². The van der Waals surface area contributed by atoms with Gasteiger partial charge in [-0.1, -0.05) is 6.08 Å². The summed E-state index contributed by atoms with van der Waals surface area (Å²) >= 11 is 0. The molecular formula is C14H19F2NO5. The fraction of sp³-hybridized carbons (Fsp3) is 0.571. The molecule has 1 aromatic heterocycles. The van der Waals surface area contributed by atoms with Crippen molar-refractivity contribution in [1.82, 2.24) is 5.32 Å². The zero-order chi connectivity index (χ0) is 16.1. The molecule has 8 heteroatoms. The number of rotatable bonds is 7. The lowest BCUT2D eigenvalue weighted by Gasteiger charge is -2.35. The average molecular weight is 319 g/mol. The molecule has 1 aromatic rings. The lowest BCUT2D eigenvalue weighted by molar-refractivity contribution is -0.129. The van der Waals surface area contributed by atoms with Gasteiger partial charge in [-0.15, -0.1) is 0 Å². The van der Waals surface area contributed by atoms with Crippen LogP contribution in [-0.2, 0) is 11.2 Å². The Labute approximate surface area is 126 Å². The van der Waals surface area contributed by atoms with Gasteiger partial charge in [0, 0.05) is 13.0 Å². The van der Waals surface area contributed by atoms with E-state index in [4.69, 9.17) is 4.42 Å². The molecule has 2 rings (SSSR count). The molecule has 22 heavy (non-hydrogen) atoms. The van der Waals surface area contributed by atoms with Gasteiger partial charge in [0.05, 0.1) is 18.9 Å². The van der Waals surface area contributed by atoms with Gasteiger partial charge in [0.2, 0.25) is 0 Å². The molecule has 1 aliphatic rings. The van der Waals surface area contributed by atoms with Crippen LogP contribution in [0.4, 0.5) is 8.78 Å². The third-order valence-corrected chi connectivity index (χ3v) is 3.52. The van der Waals surface area contributed by atoms with Crippen LogP contribution in [0.3, 0.4) is 0 Å². The number of ether oxygens (including phenoxy) is 1. The minimum Gasteiger partial charge on any atom is -0.469 e. The zero-order valence-electron chi connectivity index (χ0n) is 11.7. The van der Waals surface area contributed by atoms with Crippen molar-refractivity contribution >= 4 is 0 Å². The second kappa shape index (κ2) is 7.80. The van der Waals surface area contributed by atoms with E-state index in [1.807, 2.05) is 0 Å². The summed E-state index contributed by atoms with van der Waals surface area (Å²) in [7, 11) is 0. The first-order chi connectivity index (χ1) is 10.5. The quantitative estimate of drug-likeness (QED) is 0.530. The van der Waals surface area contributed by atoms with Gasteiger partial charge < -0.3 is 29.8 Å². The van der Waals surface area contributed by atoms with Crippen LogP contribution >= 0.6 is 0 Å². The van der Waals surface area contributed by atoms with Gasteiger partial charge in [0.25, 0.3) is 0 Å². The maximum absolute atomic E-state index is 12.1. The summed E-state index contributed by atoms with van der Waals surface area (Å²) in [6.45, 7) is -3.04. The van der Waals surface area contributed by atoms with E-state index < -0.39 is 37.6 Å². The van der Waals surface area contributed by atoms with Crippen molar-refractivity contribution in [3.63, 3.8) is 0 Å². The first-order valence-electron chi connectivity index (χ1n) is 6.89. The van der Waals surface area contributed by atoms with Crippen LogP contribution in [0.25, 0.3) is 0 Å². The average Bonchev–Trinajstić information content (AvgIpc) is 2.99. The molecule has 6 nitrogen and oxygen atoms in total. The highest BCUT2D eigenvalue weighted by atomic mass is 19.3. The minimum atomic E-state index is -2.97. The highest BCUT2D eigenvalue weighted by Crippen LogP contribution is 2.21. The van der Waals surface area contributed by atoms with E-state index in [0.29, 0.717) is 13.0 Å². The number of nitrogens with one attached hydrogen (secondary N) is 1. The number of halogens is 2. The molecule has 0 amide bonds. The van der Waals surface area contributed by atoms with Crippen LogP contribution in [0.15, 0.2) is 34.5 Å². The van der Waals surface area contributed by atoms with Crippen LogP contribution in [0, 0.1) is 0 Å². The number of aliphatic hydroxyl groups excluding tert-OH is 3. The topological polar surface area (TPSA) is 95.1 Å². The molecule has 0 unspecified atom stereocenters. The van der Waals surface area contributed by atoms with E-state index >= 15 is 0 Å². The van der Waals surface area contributed by atoms with E-state index in [-0.39, 0.29) is 5.57 Å². The predicted molar refractivity (Wildman–Crippen MR) is 72.3 cm³/mol. The van der Waals surface area contributed by atoms with Crippen molar-refractivity contribution in [2.24, 2.45) is 0 Å². The van der Waals surface area contributed by atoms with E-state index in [2.05, 4.69) is 10.1 Å². The zero-order valence-corrected chi connectivity index (χ0v) is 11.7. The third kappa shape index (κ3) is 4.34. The number of aliphatic hydroxyl groups is 3. The van der Waals surface area contributed by atoms with Crippen molar-refractivity contribution in [3.8, 4) is 0 Å². The molecule has 4 N–H and O–H groups in total. The summed E-state index contributed by atoms with van der Waals surface area (Å²) in [4.78, 5) is 0. The summed E-state index contributed by atoms with van der Waals surface area (Å²) < 4.78 is 33.5. The molecule has 0 aliphatic heterocycles. The Balaban J connectivity index is 1.94. The third-order valence-electron chi connectivity index (χ3n) is 3.52. The lowest BCUT2D eigenvalue weighted by Crippen LogP contribution is -2.54. The number of furan rings is 1. The first kappa shape index (κ1) is 17.0. The van der Waals surface area contributed by atoms with E-state index in [0.717, 1.165) is 5.76 Å². The first-order valence-corrected chi connectivity index (χ1v) is 6.89. The van der Waals surface area contributed by atoms with Crippen molar-refractivity contribution in [1.29, 1.82) is 0 Å². The summed E-state index contributed by atoms with van der Waals surface area (Å²) in [6, 6.07) is 2.88. The minimum absolute atomic E-state index is 0.105. The fourth-order valence-corrected chi connectivity index (χ4v) is 2.34. The number of alkyl halides is 2. The molecule has 0 radical (unpaired) electrons. The molecule has 124 valence electrons. The van der Waals surface area contributed by atoms with E-state index in [1.54, 1.807) is 18.4 Å². The second-order valence-electron chi connectivity index (χ2n) is 5.05. The van der Waals surface area contributed by atoms with Crippen LogP contribution in [0.2, 0.25) is 0 Å². The summed E-state index contributed by atoms with van der Waals surface area (Å²) in [5.74, 6) is 0.753. The standard InChI is InChI=1S/C14H19F2NO5/c15-14(16)22-7-8-6-10(12(19)13(20)11(8)18)17-4-3-9-2-1-5-21-9/h1-2,5-6,10-14,17-20H,3-4,7H2/t10-,11+,12+,13+/m1/s1. The van der Waals surface area contributed by atoms with Crippen molar-refractivity contribution in [2.45, 2.75) is 37.4 Å². The van der Waals surface area contributed by atoms with Crippen LogP contribution in [-0.4, -0.2) is 59.4 Å². The Bertz CT molecular complexity index is 480. The summed E-state index contributed by atoms with van der Waals surface area (Å²) in [6.07, 6.45) is -0.635. The van der Waals surface area contributed by atoms with Crippen LogP contribution < -0.4 is 5.32 Å². The molecule has 4 atom stereocenters. The monoisotopic (exact) mass is 319 g/mol. The van der Waals surface area contributed by atoms with E-state index in [9.17, 15) is 24.1 Å². The van der Waals surface area contributed by atoms with Gasteiger partial charge in [0.1, 0.15) is 24.1 Å². The Morgan fingerprint density at radius 3 is 2.68 bits per heavy atom. The largest absolute Gasteiger partial charge is 0.469 e. The van der Waals surface area contributed by atoms with Crippen LogP contribution in [0.1, 0.15) is 5.76 Å². The van der Waals surface area contributed by atoms with Gasteiger partial charge >= 0.3 is 6.61 Å². The molecule has 0 saturated carbocycles. The van der Waals surface area contributed by atoms with Gasteiger partial charge in [-0.25, -0.2) is 0 Å². The summed E-state index contributed by atoms with van der Waals surface area (Å²) in [5.41, 5.74) is 0.105. The second-order valence-corrected chi connectivity index (χ2v) is 5.05. The van der Waals surface area contributed by atoms with Gasteiger partial charge in [-0.05, 0) is 17.7 Å². The number of hydrogen-bond acceptors (Lipinski definition) is 6. The van der Waals surface area contributed by atoms with Crippen LogP contribution in [0.5, 0.6) is 0 Å². The molecule has 0 saturated heterocycles. The highest BCUT2D eigenvalue weighted by molar-refractivity contribution is 5.22. The van der Waals surface area contributed by atoms with Crippen molar-refractivity contribution in [2.75, 3.05) is 13.2 Å². The molecule has 1 heterocycles. The molecule has 0 bridgehead atoms. The molecular weight excluding hydrogens is 300 g/mol. The van der Waals surface area contributed by atoms with Gasteiger partial charge in [-0.2, -0.15) is 8.78 Å². The lowest BCUT2D eigenvalue weighted by atomic mass is 9.88. The van der Waals surface area contributed by atoms with Gasteiger partial charge in [-0.3, -0.25) is 0 Å². The smallest absolute Gasteiger partial charge is 0.345 e.